The maximum absolute atomic E-state index is 14.2. The van der Waals surface area contributed by atoms with Gasteiger partial charge in [-0.1, -0.05) is 0 Å². The molecule has 0 N–H and O–H groups in total. The molecule has 10 aliphatic heterocycles. The van der Waals surface area contributed by atoms with Gasteiger partial charge in [-0.3, -0.25) is 0 Å². The zero-order valence-corrected chi connectivity index (χ0v) is 17.1. The van der Waals surface area contributed by atoms with E-state index in [1.54, 1.807) is 0 Å². The molecule has 12 rings (SSSR count). The SMILES string of the molecule is O=C(C1CCCCC1)[C]12[CH]3[CH]4[CH]5[CH]1[Fe]45321678[CH]2[CH]1[CH]6[C]7(C(=O)C1CCCCC1)[CH]28. The van der Waals surface area contributed by atoms with Crippen molar-refractivity contribution >= 4 is 11.6 Å². The van der Waals surface area contributed by atoms with Crippen LogP contribution in [-0.2, 0) is 16.1 Å². The Morgan fingerprint density at radius 1 is 0.556 bits per heavy atom. The van der Waals surface area contributed by atoms with Crippen LogP contribution in [0.2, 0.25) is 47.2 Å². The second kappa shape index (κ2) is 1.51. The molecule has 2 nitrogen and oxygen atoms in total. The number of Topliss-reactive ketones (excluding diaryl/α,β-unsaturated/α-hetero) is 2. The Morgan fingerprint density at radius 3 is 1.19 bits per heavy atom. The summed E-state index contributed by atoms with van der Waals surface area (Å²) in [5, 5.41) is 0. The molecule has 0 aromatic heterocycles. The molecule has 10 saturated heterocycles. The first kappa shape index (κ1) is 12.5. The fourth-order valence-electron chi connectivity index (χ4n) is 21.2. The third-order valence-electron chi connectivity index (χ3n) is 19.5. The Balaban J connectivity index is 1.14. The molecule has 146 valence electrons. The van der Waals surface area contributed by atoms with Crippen LogP contribution in [0.3, 0.4) is 0 Å². The van der Waals surface area contributed by atoms with Crippen LogP contribution in [0.4, 0.5) is 0 Å². The van der Waals surface area contributed by atoms with E-state index in [1.165, 1.54) is 64.2 Å². The van der Waals surface area contributed by atoms with E-state index in [0.29, 0.717) is 20.5 Å². The molecule has 12 aliphatic rings. The van der Waals surface area contributed by atoms with Crippen LogP contribution in [0.5, 0.6) is 0 Å². The number of fused-ring (bicyclic) bond motifs is 10. The van der Waals surface area contributed by atoms with Gasteiger partial charge >= 0.3 is 151 Å². The van der Waals surface area contributed by atoms with Gasteiger partial charge in [0.1, 0.15) is 0 Å². The van der Waals surface area contributed by atoms with Crippen molar-refractivity contribution in [1.82, 2.24) is 0 Å². The summed E-state index contributed by atoms with van der Waals surface area (Å²) in [7, 11) is 0. The van der Waals surface area contributed by atoms with Crippen molar-refractivity contribution in [2.45, 2.75) is 111 Å². The van der Waals surface area contributed by atoms with Crippen molar-refractivity contribution in [3.8, 4) is 0 Å². The summed E-state index contributed by atoms with van der Waals surface area (Å²) in [6, 6.07) is 0. The van der Waals surface area contributed by atoms with Crippen molar-refractivity contribution in [3.05, 3.63) is 0 Å². The second-order valence-corrected chi connectivity index (χ2v) is 38.4. The van der Waals surface area contributed by atoms with Gasteiger partial charge in [-0.05, 0) is 0 Å². The standard InChI is InChI=1S/2C12H15O.Fe/c2*13-12(11-8-4-5-9-11)10-6-2-1-3-7-10;/h2*4-5,8-10H,1-3,6-7H2;. The molecule has 8 unspecified atom stereocenters. The minimum atomic E-state index is -3.89. The fourth-order valence-corrected chi connectivity index (χ4v) is 97.0. The van der Waals surface area contributed by atoms with Crippen LogP contribution < -0.4 is 0 Å². The molecule has 3 heteroatoms. The number of carbonyl (C=O) groups excluding carboxylic acids is 2. The Hall–Kier alpha value is -0.141. The van der Waals surface area contributed by atoms with E-state index in [2.05, 4.69) is 0 Å². The van der Waals surface area contributed by atoms with Gasteiger partial charge < -0.3 is 0 Å². The number of rotatable bonds is 4. The Kier molecular flexibility index (Phi) is 0.701. The number of hydrogen-bond acceptors (Lipinski definition) is 2. The zero-order chi connectivity index (χ0) is 17.3. The summed E-state index contributed by atoms with van der Waals surface area (Å²) < 4.78 is 0.585. The number of hydrogen-bond donors (Lipinski definition) is 0. The van der Waals surface area contributed by atoms with Crippen molar-refractivity contribution < 1.29 is 16.1 Å². The van der Waals surface area contributed by atoms with E-state index in [4.69, 9.17) is 0 Å². The molecule has 27 heavy (non-hydrogen) atoms. The van der Waals surface area contributed by atoms with Crippen LogP contribution in [-0.4, -0.2) is 11.6 Å². The van der Waals surface area contributed by atoms with Crippen LogP contribution in [0, 0.1) is 11.8 Å². The second-order valence-electron chi connectivity index (χ2n) is 15.2. The van der Waals surface area contributed by atoms with E-state index in [0.717, 1.165) is 50.1 Å². The van der Waals surface area contributed by atoms with Crippen LogP contribution in [0.15, 0.2) is 0 Å². The average Bonchev–Trinajstić information content (AvgIpc) is 3.67. The molecule has 0 bridgehead atoms. The molecular weight excluding hydrogens is 376 g/mol. The third-order valence-corrected chi connectivity index (χ3v) is 62.2. The van der Waals surface area contributed by atoms with Crippen molar-refractivity contribution in [1.29, 1.82) is 0 Å². The van der Waals surface area contributed by atoms with E-state index in [1.807, 2.05) is 0 Å². The molecule has 0 radical (unpaired) electrons. The van der Waals surface area contributed by atoms with Gasteiger partial charge in [0.2, 0.25) is 0 Å². The summed E-state index contributed by atoms with van der Waals surface area (Å²) >= 11 is 0. The topological polar surface area (TPSA) is 34.1 Å². The summed E-state index contributed by atoms with van der Waals surface area (Å²) in [6.45, 7) is -3.89. The summed E-state index contributed by atoms with van der Waals surface area (Å²) in [5.41, 5.74) is 0. The quantitative estimate of drug-likeness (QED) is 0.505. The van der Waals surface area contributed by atoms with Crippen molar-refractivity contribution in [2.24, 2.45) is 11.8 Å². The van der Waals surface area contributed by atoms with Gasteiger partial charge in [0.15, 0.2) is 0 Å². The molecule has 12 fully saturated rings. The third kappa shape index (κ3) is 0.215. The first-order chi connectivity index (χ1) is 13.0. The van der Waals surface area contributed by atoms with Crippen molar-refractivity contribution in [3.63, 3.8) is 0 Å². The first-order valence-corrected chi connectivity index (χ1v) is 18.5. The van der Waals surface area contributed by atoms with E-state index < -0.39 is 6.51 Å². The van der Waals surface area contributed by atoms with Gasteiger partial charge in [-0.25, -0.2) is 0 Å². The maximum atomic E-state index is 14.2. The fraction of sp³-hybridized carbons (Fsp3) is 0.917. The molecule has 1 spiro atoms. The predicted molar refractivity (Wildman–Crippen MR) is 98.6 cm³/mol. The predicted octanol–water partition coefficient (Wildman–Crippen LogP) is 6.41. The minimum absolute atomic E-state index is 0.292. The summed E-state index contributed by atoms with van der Waals surface area (Å²) in [4.78, 5) is 36.5. The van der Waals surface area contributed by atoms with Crippen LogP contribution >= 0.6 is 0 Å². The van der Waals surface area contributed by atoms with Gasteiger partial charge in [0.25, 0.3) is 0 Å². The summed E-state index contributed by atoms with van der Waals surface area (Å²) in [5.74, 6) is 2.54. The molecule has 2 aliphatic carbocycles. The van der Waals surface area contributed by atoms with E-state index >= 15 is 0 Å². The molecule has 10 heterocycles. The molecule has 8 atom stereocenters. The van der Waals surface area contributed by atoms with Gasteiger partial charge in [0, 0.05) is 0 Å². The van der Waals surface area contributed by atoms with E-state index in [9.17, 15) is 9.59 Å². The van der Waals surface area contributed by atoms with Gasteiger partial charge in [-0.15, -0.1) is 0 Å². The monoisotopic (exact) mass is 406 g/mol. The Morgan fingerprint density at radius 2 is 0.889 bits per heavy atom. The normalized spacial score (nSPS) is 90.2. The van der Waals surface area contributed by atoms with Crippen molar-refractivity contribution in [2.75, 3.05) is 0 Å². The molecular formula is C24H30FeO2. The van der Waals surface area contributed by atoms with E-state index in [-0.39, 0.29) is 0 Å². The van der Waals surface area contributed by atoms with Gasteiger partial charge in [0.05, 0.1) is 0 Å². The Bertz CT molecular complexity index is 1230. The average molecular weight is 406 g/mol. The zero-order valence-electron chi connectivity index (χ0n) is 16.0. The first-order valence-electron chi connectivity index (χ1n) is 12.3. The van der Waals surface area contributed by atoms with Crippen LogP contribution in [0.1, 0.15) is 64.2 Å². The molecule has 0 aromatic carbocycles. The number of carbonyl (C=O) groups is 2. The molecule has 2 saturated carbocycles. The molecule has 0 amide bonds. The number of ketones is 2. The summed E-state index contributed by atoms with van der Waals surface area (Å²) in [6.07, 6.45) is 12.7. The Labute approximate surface area is 150 Å². The van der Waals surface area contributed by atoms with Crippen LogP contribution in [0.25, 0.3) is 0 Å². The van der Waals surface area contributed by atoms with Gasteiger partial charge in [-0.2, -0.15) is 0 Å². The molecule has 0 aromatic rings.